The van der Waals surface area contributed by atoms with Crippen LogP contribution in [-0.2, 0) is 10.0 Å². The molecule has 0 aliphatic heterocycles. The summed E-state index contributed by atoms with van der Waals surface area (Å²) < 4.78 is 27.4. The molecule has 2 aromatic carbocycles. The first kappa shape index (κ1) is 15.2. The number of hydrogen-bond donors (Lipinski definition) is 2. The summed E-state index contributed by atoms with van der Waals surface area (Å²) in [4.78, 5) is 0.275. The van der Waals surface area contributed by atoms with Gasteiger partial charge in [0.1, 0.15) is 0 Å². The van der Waals surface area contributed by atoms with Gasteiger partial charge in [-0.3, -0.25) is 0 Å². The lowest BCUT2D eigenvalue weighted by Gasteiger charge is -2.12. The highest BCUT2D eigenvalue weighted by Crippen LogP contribution is 2.31. The molecule has 1 aliphatic carbocycles. The van der Waals surface area contributed by atoms with Crippen LogP contribution in [-0.4, -0.2) is 21.0 Å². The van der Waals surface area contributed by atoms with E-state index < -0.39 is 10.0 Å². The van der Waals surface area contributed by atoms with Gasteiger partial charge in [0.25, 0.3) is 0 Å². The van der Waals surface area contributed by atoms with Gasteiger partial charge in [0.2, 0.25) is 10.0 Å². The average Bonchev–Trinajstić information content (AvgIpc) is 3.39. The average molecular weight is 316 g/mol. The monoisotopic (exact) mass is 316 g/mol. The summed E-state index contributed by atoms with van der Waals surface area (Å²) in [5.41, 5.74) is 7.84. The second kappa shape index (κ2) is 6.20. The molecule has 0 amide bonds. The molecule has 1 atom stereocenters. The van der Waals surface area contributed by atoms with Gasteiger partial charge in [0.05, 0.1) is 4.90 Å². The minimum Gasteiger partial charge on any atom is -0.326 e. The molecule has 0 aromatic heterocycles. The molecule has 1 fully saturated rings. The molecule has 0 saturated heterocycles. The Morgan fingerprint density at radius 2 is 1.73 bits per heavy atom. The first-order chi connectivity index (χ1) is 10.6. The van der Waals surface area contributed by atoms with E-state index >= 15 is 0 Å². The summed E-state index contributed by atoms with van der Waals surface area (Å²) in [6.07, 6.45) is 2.21. The van der Waals surface area contributed by atoms with E-state index in [0.29, 0.717) is 12.5 Å². The zero-order valence-electron chi connectivity index (χ0n) is 12.3. The fourth-order valence-electron chi connectivity index (χ4n) is 2.45. The Hall–Kier alpha value is -1.69. The van der Waals surface area contributed by atoms with E-state index in [0.717, 1.165) is 24.0 Å². The Balaban J connectivity index is 1.78. The van der Waals surface area contributed by atoms with Gasteiger partial charge in [-0.25, -0.2) is 13.1 Å². The first-order valence-corrected chi connectivity index (χ1v) is 8.95. The van der Waals surface area contributed by atoms with Gasteiger partial charge in [-0.1, -0.05) is 42.5 Å². The van der Waals surface area contributed by atoms with Crippen molar-refractivity contribution in [1.29, 1.82) is 0 Å². The minimum absolute atomic E-state index is 0.0907. The van der Waals surface area contributed by atoms with Crippen molar-refractivity contribution in [3.8, 4) is 11.1 Å². The largest absolute Gasteiger partial charge is 0.326 e. The number of nitrogens with one attached hydrogen (secondary N) is 1. The van der Waals surface area contributed by atoms with Gasteiger partial charge in [0.15, 0.2) is 0 Å². The summed E-state index contributed by atoms with van der Waals surface area (Å²) in [6, 6.07) is 16.6. The number of sulfonamides is 1. The third-order valence-electron chi connectivity index (χ3n) is 3.99. The zero-order valence-corrected chi connectivity index (χ0v) is 13.1. The maximum atomic E-state index is 12.4. The second-order valence-corrected chi connectivity index (χ2v) is 7.51. The van der Waals surface area contributed by atoms with Crippen molar-refractivity contribution >= 4 is 10.0 Å². The molecule has 116 valence electrons. The highest BCUT2D eigenvalue weighted by Gasteiger charge is 2.29. The molecule has 0 spiro atoms. The van der Waals surface area contributed by atoms with E-state index in [9.17, 15) is 8.42 Å². The normalized spacial score (nSPS) is 16.4. The first-order valence-electron chi connectivity index (χ1n) is 7.47. The van der Waals surface area contributed by atoms with Crippen LogP contribution in [0.5, 0.6) is 0 Å². The lowest BCUT2D eigenvalue weighted by atomic mass is 10.1. The number of hydrogen-bond acceptors (Lipinski definition) is 3. The van der Waals surface area contributed by atoms with E-state index in [2.05, 4.69) is 4.72 Å². The zero-order chi connectivity index (χ0) is 15.6. The van der Waals surface area contributed by atoms with E-state index in [1.165, 1.54) is 0 Å². The van der Waals surface area contributed by atoms with Crippen molar-refractivity contribution in [1.82, 2.24) is 4.72 Å². The van der Waals surface area contributed by atoms with Crippen LogP contribution in [0.1, 0.15) is 12.8 Å². The van der Waals surface area contributed by atoms with E-state index in [4.69, 9.17) is 5.73 Å². The fourth-order valence-corrected chi connectivity index (χ4v) is 3.57. The Kier molecular flexibility index (Phi) is 4.29. The predicted octanol–water partition coefficient (Wildman–Crippen LogP) is 2.37. The van der Waals surface area contributed by atoms with Gasteiger partial charge in [-0.15, -0.1) is 0 Å². The molecule has 3 N–H and O–H groups in total. The maximum Gasteiger partial charge on any atom is 0.240 e. The molecule has 22 heavy (non-hydrogen) atoms. The summed E-state index contributed by atoms with van der Waals surface area (Å²) in [5, 5.41) is 0. The van der Waals surface area contributed by atoms with Crippen molar-refractivity contribution in [3.63, 3.8) is 0 Å². The maximum absolute atomic E-state index is 12.4. The third-order valence-corrected chi connectivity index (χ3v) is 5.41. The van der Waals surface area contributed by atoms with E-state index in [-0.39, 0.29) is 10.9 Å². The predicted molar refractivity (Wildman–Crippen MR) is 87.8 cm³/mol. The van der Waals surface area contributed by atoms with Crippen LogP contribution >= 0.6 is 0 Å². The molecule has 0 radical (unpaired) electrons. The number of rotatable bonds is 6. The van der Waals surface area contributed by atoms with Crippen LogP contribution in [0.25, 0.3) is 11.1 Å². The lowest BCUT2D eigenvalue weighted by Crippen LogP contribution is -2.38. The topological polar surface area (TPSA) is 72.2 Å². The Morgan fingerprint density at radius 3 is 2.41 bits per heavy atom. The Bertz CT molecular complexity index is 740. The highest BCUT2D eigenvalue weighted by molar-refractivity contribution is 7.89. The molecule has 5 heteroatoms. The molecule has 0 bridgehead atoms. The quantitative estimate of drug-likeness (QED) is 0.859. The molecular weight excluding hydrogens is 296 g/mol. The summed E-state index contributed by atoms with van der Waals surface area (Å²) in [5.74, 6) is 0.471. The number of nitrogens with two attached hydrogens (primary N) is 1. The molecule has 1 aliphatic rings. The van der Waals surface area contributed by atoms with Crippen molar-refractivity contribution in [2.45, 2.75) is 23.8 Å². The molecule has 1 saturated carbocycles. The van der Waals surface area contributed by atoms with Crippen molar-refractivity contribution in [3.05, 3.63) is 54.6 Å². The van der Waals surface area contributed by atoms with Crippen LogP contribution in [0.3, 0.4) is 0 Å². The van der Waals surface area contributed by atoms with E-state index in [1.807, 2.05) is 36.4 Å². The molecule has 2 aromatic rings. The van der Waals surface area contributed by atoms with Crippen LogP contribution in [0.2, 0.25) is 0 Å². The van der Waals surface area contributed by atoms with E-state index in [1.54, 1.807) is 18.2 Å². The number of benzene rings is 2. The lowest BCUT2D eigenvalue weighted by molar-refractivity contribution is 0.548. The third kappa shape index (κ3) is 3.55. The van der Waals surface area contributed by atoms with Gasteiger partial charge in [-0.05, 0) is 42.0 Å². The standard InChI is InChI=1S/C17H20N2O2S/c18-17(14-9-10-14)12-19-22(20,21)16-8-4-7-15(11-16)13-5-2-1-3-6-13/h1-8,11,14,17,19H,9-10,12,18H2. The molecule has 0 heterocycles. The van der Waals surface area contributed by atoms with Crippen LogP contribution in [0.4, 0.5) is 0 Å². The second-order valence-electron chi connectivity index (χ2n) is 5.75. The van der Waals surface area contributed by atoms with Gasteiger partial charge in [-0.2, -0.15) is 0 Å². The molecular formula is C17H20N2O2S. The van der Waals surface area contributed by atoms with Gasteiger partial charge < -0.3 is 5.73 Å². The summed E-state index contributed by atoms with van der Waals surface area (Å²) >= 11 is 0. The molecule has 1 unspecified atom stereocenters. The fraction of sp³-hybridized carbons (Fsp3) is 0.294. The highest BCUT2D eigenvalue weighted by atomic mass is 32.2. The molecule has 4 nitrogen and oxygen atoms in total. The van der Waals surface area contributed by atoms with Crippen molar-refractivity contribution in [2.75, 3.05) is 6.54 Å². The summed E-state index contributed by atoms with van der Waals surface area (Å²) in [6.45, 7) is 0.294. The van der Waals surface area contributed by atoms with Crippen LogP contribution in [0.15, 0.2) is 59.5 Å². The minimum atomic E-state index is -3.52. The van der Waals surface area contributed by atoms with Gasteiger partial charge >= 0.3 is 0 Å². The Morgan fingerprint density at radius 1 is 1.05 bits per heavy atom. The Labute approximate surface area is 131 Å². The van der Waals surface area contributed by atoms with Crippen molar-refractivity contribution in [2.24, 2.45) is 11.7 Å². The SMILES string of the molecule is NC(CNS(=O)(=O)c1cccc(-c2ccccc2)c1)C1CC1. The summed E-state index contributed by atoms with van der Waals surface area (Å²) in [7, 11) is -3.52. The smallest absolute Gasteiger partial charge is 0.240 e. The molecule has 3 rings (SSSR count). The van der Waals surface area contributed by atoms with Gasteiger partial charge in [0, 0.05) is 12.6 Å². The van der Waals surface area contributed by atoms with Crippen molar-refractivity contribution < 1.29 is 8.42 Å². The van der Waals surface area contributed by atoms with Crippen LogP contribution < -0.4 is 10.5 Å². The van der Waals surface area contributed by atoms with Crippen LogP contribution in [0, 0.1) is 5.92 Å².